The average molecular weight is 383 g/mol. The molecule has 2 N–H and O–H groups in total. The number of amides is 1. The number of nitrogens with one attached hydrogen (secondary N) is 1. The Morgan fingerprint density at radius 2 is 1.89 bits per heavy atom. The summed E-state index contributed by atoms with van der Waals surface area (Å²) in [7, 11) is 0. The molecule has 1 saturated carbocycles. The van der Waals surface area contributed by atoms with Crippen LogP contribution in [0.4, 0.5) is 0 Å². The summed E-state index contributed by atoms with van der Waals surface area (Å²) >= 11 is 0. The number of aliphatic hydroxyl groups excluding tert-OH is 1. The van der Waals surface area contributed by atoms with Crippen LogP contribution in [0.25, 0.3) is 11.0 Å². The van der Waals surface area contributed by atoms with Gasteiger partial charge < -0.3 is 19.9 Å². The second kappa shape index (κ2) is 7.48. The predicted molar refractivity (Wildman–Crippen MR) is 108 cm³/mol. The number of aliphatic hydroxyl groups is 1. The Balaban J connectivity index is 1.27. The molecule has 5 rings (SSSR count). The van der Waals surface area contributed by atoms with E-state index < -0.39 is 0 Å². The molecule has 1 aromatic heterocycles. The van der Waals surface area contributed by atoms with Crippen LogP contribution >= 0.6 is 0 Å². The van der Waals surface area contributed by atoms with Gasteiger partial charge in [-0.1, -0.05) is 12.1 Å². The molecule has 28 heavy (non-hydrogen) atoms. The third-order valence-electron chi connectivity index (χ3n) is 7.22. The van der Waals surface area contributed by atoms with Gasteiger partial charge in [-0.05, 0) is 68.7 Å². The van der Waals surface area contributed by atoms with E-state index in [9.17, 15) is 9.90 Å². The predicted octanol–water partition coefficient (Wildman–Crippen LogP) is 2.20. The van der Waals surface area contributed by atoms with Crippen LogP contribution < -0.4 is 5.32 Å². The molecule has 2 saturated heterocycles. The Kier molecular flexibility index (Phi) is 4.85. The van der Waals surface area contributed by atoms with Crippen molar-refractivity contribution in [2.75, 3.05) is 26.2 Å². The third-order valence-corrected chi connectivity index (χ3v) is 7.22. The van der Waals surface area contributed by atoms with Crippen molar-refractivity contribution in [3.63, 3.8) is 0 Å². The highest BCUT2D eigenvalue weighted by Crippen LogP contribution is 2.42. The van der Waals surface area contributed by atoms with Gasteiger partial charge in [-0.25, -0.2) is 4.98 Å². The van der Waals surface area contributed by atoms with E-state index in [0.717, 1.165) is 62.9 Å². The molecule has 2 aliphatic heterocycles. The van der Waals surface area contributed by atoms with Crippen LogP contribution in [0, 0.1) is 17.8 Å². The molecule has 3 aliphatic rings. The zero-order valence-corrected chi connectivity index (χ0v) is 16.3. The molecular weight excluding hydrogens is 352 g/mol. The van der Waals surface area contributed by atoms with E-state index in [1.165, 1.54) is 0 Å². The fraction of sp³-hybridized carbons (Fsp3) is 0.636. The molecule has 0 radical (unpaired) electrons. The molecule has 1 amide bonds. The van der Waals surface area contributed by atoms with Crippen molar-refractivity contribution >= 4 is 16.9 Å². The first-order valence-corrected chi connectivity index (χ1v) is 10.8. The Morgan fingerprint density at radius 1 is 1.14 bits per heavy atom. The number of carbonyl (C=O) groups is 1. The van der Waals surface area contributed by atoms with Crippen molar-refractivity contribution in [1.29, 1.82) is 0 Å². The van der Waals surface area contributed by atoms with Crippen molar-refractivity contribution in [1.82, 2.24) is 19.8 Å². The first-order valence-electron chi connectivity index (χ1n) is 10.8. The third kappa shape index (κ3) is 3.33. The van der Waals surface area contributed by atoms with Gasteiger partial charge in [0.15, 0.2) is 0 Å². The van der Waals surface area contributed by atoms with Crippen LogP contribution in [0.1, 0.15) is 38.1 Å². The molecule has 0 unspecified atom stereocenters. The Bertz CT molecular complexity index is 844. The van der Waals surface area contributed by atoms with Crippen LogP contribution in [0.2, 0.25) is 0 Å². The van der Waals surface area contributed by atoms with E-state index in [2.05, 4.69) is 25.8 Å². The minimum Gasteiger partial charge on any atom is -0.391 e. The Labute approximate surface area is 165 Å². The molecule has 0 bridgehead atoms. The number of para-hydroxylation sites is 2. The fourth-order valence-corrected chi connectivity index (χ4v) is 5.61. The average Bonchev–Trinajstić information content (AvgIpc) is 3.32. The largest absolute Gasteiger partial charge is 0.391 e. The molecular formula is C22H30N4O2. The minimum absolute atomic E-state index is 0.0492. The van der Waals surface area contributed by atoms with Crippen LogP contribution in [0.5, 0.6) is 0 Å². The summed E-state index contributed by atoms with van der Waals surface area (Å²) in [6.07, 6.45) is 6.11. The van der Waals surface area contributed by atoms with Gasteiger partial charge in [0.1, 0.15) is 0 Å². The van der Waals surface area contributed by atoms with Gasteiger partial charge >= 0.3 is 0 Å². The van der Waals surface area contributed by atoms with Gasteiger partial charge in [-0.2, -0.15) is 0 Å². The highest BCUT2D eigenvalue weighted by Gasteiger charge is 2.43. The number of rotatable bonds is 3. The second-order valence-corrected chi connectivity index (χ2v) is 8.96. The van der Waals surface area contributed by atoms with E-state index in [4.69, 9.17) is 0 Å². The lowest BCUT2D eigenvalue weighted by Crippen LogP contribution is -2.36. The van der Waals surface area contributed by atoms with Gasteiger partial charge in [-0.3, -0.25) is 4.79 Å². The number of nitrogens with zero attached hydrogens (tertiary/aromatic N) is 3. The zero-order chi connectivity index (χ0) is 19.1. The number of imidazole rings is 1. The molecule has 3 heterocycles. The van der Waals surface area contributed by atoms with E-state index in [1.54, 1.807) is 0 Å². The highest BCUT2D eigenvalue weighted by atomic mass is 16.3. The number of carbonyl (C=O) groups excluding carboxylic acids is 1. The van der Waals surface area contributed by atoms with Crippen molar-refractivity contribution in [3.8, 4) is 0 Å². The SMILES string of the molecule is O=C(CC1CCNCC1)N1C[C@H]2C[C@@H](n3cnc4ccccc43)[C@H](O)C[C@H]2C1. The molecule has 6 heteroatoms. The normalized spacial score (nSPS) is 31.2. The molecule has 0 spiro atoms. The Morgan fingerprint density at radius 3 is 2.71 bits per heavy atom. The smallest absolute Gasteiger partial charge is 0.222 e. The monoisotopic (exact) mass is 382 g/mol. The highest BCUT2D eigenvalue weighted by molar-refractivity contribution is 5.77. The Hall–Kier alpha value is -1.92. The maximum absolute atomic E-state index is 12.9. The first kappa shape index (κ1) is 18.1. The number of hydrogen-bond donors (Lipinski definition) is 2. The number of aromatic nitrogens is 2. The molecule has 2 aromatic rings. The molecule has 6 nitrogen and oxygen atoms in total. The summed E-state index contributed by atoms with van der Waals surface area (Å²) in [4.78, 5) is 19.4. The lowest BCUT2D eigenvalue weighted by Gasteiger charge is -2.36. The maximum atomic E-state index is 12.9. The number of piperidine rings is 1. The lowest BCUT2D eigenvalue weighted by molar-refractivity contribution is -0.131. The number of fused-ring (bicyclic) bond motifs is 2. The fourth-order valence-electron chi connectivity index (χ4n) is 5.61. The van der Waals surface area contributed by atoms with Crippen molar-refractivity contribution < 1.29 is 9.90 Å². The molecule has 1 aliphatic carbocycles. The van der Waals surface area contributed by atoms with Gasteiger partial charge in [0.25, 0.3) is 0 Å². The van der Waals surface area contributed by atoms with E-state index in [-0.39, 0.29) is 12.1 Å². The summed E-state index contributed by atoms with van der Waals surface area (Å²) in [5.41, 5.74) is 2.06. The molecule has 4 atom stereocenters. The molecule has 3 fully saturated rings. The summed E-state index contributed by atoms with van der Waals surface area (Å²) in [6, 6.07) is 8.16. The standard InChI is InChI=1S/C22H30N4O2/c27-21-11-17-13-25(22(28)9-15-5-7-23-8-6-15)12-16(17)10-20(21)26-14-24-18-3-1-2-4-19(18)26/h1-4,14-17,20-21,23,27H,5-13H2/t16-,17+,20-,21-/m1/s1. The summed E-state index contributed by atoms with van der Waals surface area (Å²) < 4.78 is 2.15. The topological polar surface area (TPSA) is 70.4 Å². The number of benzene rings is 1. The molecule has 1 aromatic carbocycles. The summed E-state index contributed by atoms with van der Waals surface area (Å²) in [5.74, 6) is 1.76. The van der Waals surface area contributed by atoms with Crippen molar-refractivity contribution in [2.45, 2.75) is 44.2 Å². The summed E-state index contributed by atoms with van der Waals surface area (Å²) in [5, 5.41) is 14.2. The first-order chi connectivity index (χ1) is 13.7. The number of hydrogen-bond acceptors (Lipinski definition) is 4. The maximum Gasteiger partial charge on any atom is 0.222 e. The van der Waals surface area contributed by atoms with Crippen LogP contribution in [0.3, 0.4) is 0 Å². The molecule has 150 valence electrons. The lowest BCUT2D eigenvalue weighted by atomic mass is 9.77. The van der Waals surface area contributed by atoms with E-state index in [0.29, 0.717) is 30.1 Å². The van der Waals surface area contributed by atoms with Crippen LogP contribution in [-0.2, 0) is 4.79 Å². The number of likely N-dealkylation sites (tertiary alicyclic amines) is 1. The minimum atomic E-state index is -0.377. The summed E-state index contributed by atoms with van der Waals surface area (Å²) in [6.45, 7) is 3.75. The quantitative estimate of drug-likeness (QED) is 0.854. The van der Waals surface area contributed by atoms with E-state index >= 15 is 0 Å². The van der Waals surface area contributed by atoms with Crippen LogP contribution in [-0.4, -0.2) is 57.7 Å². The van der Waals surface area contributed by atoms with Gasteiger partial charge in [-0.15, -0.1) is 0 Å². The van der Waals surface area contributed by atoms with Crippen molar-refractivity contribution in [3.05, 3.63) is 30.6 Å². The van der Waals surface area contributed by atoms with Gasteiger partial charge in [0.2, 0.25) is 5.91 Å². The second-order valence-electron chi connectivity index (χ2n) is 8.96. The van der Waals surface area contributed by atoms with E-state index in [1.807, 2.05) is 24.5 Å². The zero-order valence-electron chi connectivity index (χ0n) is 16.3. The van der Waals surface area contributed by atoms with Crippen molar-refractivity contribution in [2.24, 2.45) is 17.8 Å². The van der Waals surface area contributed by atoms with Gasteiger partial charge in [0, 0.05) is 19.5 Å². The van der Waals surface area contributed by atoms with Gasteiger partial charge in [0.05, 0.1) is 29.5 Å². The van der Waals surface area contributed by atoms with Crippen LogP contribution in [0.15, 0.2) is 30.6 Å².